The number of rotatable bonds is 4. The normalized spacial score (nSPS) is 20.5. The van der Waals surface area contributed by atoms with Gasteiger partial charge in [0.25, 0.3) is 0 Å². The summed E-state index contributed by atoms with van der Waals surface area (Å²) in [5.74, 6) is -3.78. The van der Waals surface area contributed by atoms with Crippen LogP contribution in [0.4, 0.5) is 17.6 Å². The molecule has 0 spiro atoms. The van der Waals surface area contributed by atoms with Gasteiger partial charge in [-0.25, -0.2) is 17.6 Å². The van der Waals surface area contributed by atoms with Gasteiger partial charge in [0, 0.05) is 5.56 Å². The van der Waals surface area contributed by atoms with Gasteiger partial charge in [-0.15, -0.1) is 6.58 Å². The van der Waals surface area contributed by atoms with Gasteiger partial charge < -0.3 is 0 Å². The quantitative estimate of drug-likeness (QED) is 0.325. The Morgan fingerprint density at radius 2 is 1.52 bits per heavy atom. The van der Waals surface area contributed by atoms with Gasteiger partial charge in [-0.05, 0) is 73.3 Å². The minimum absolute atomic E-state index is 0.00450. The molecule has 1 saturated carbocycles. The van der Waals surface area contributed by atoms with Crippen LogP contribution in [0.3, 0.4) is 0 Å². The Bertz CT molecular complexity index is 750. The minimum Gasteiger partial charge on any atom is -0.206 e. The van der Waals surface area contributed by atoms with Gasteiger partial charge in [-0.3, -0.25) is 0 Å². The molecule has 0 nitrogen and oxygen atoms in total. The first-order valence-corrected chi connectivity index (χ1v) is 8.55. The van der Waals surface area contributed by atoms with Gasteiger partial charge in [0.1, 0.15) is 5.82 Å². The van der Waals surface area contributed by atoms with Gasteiger partial charge >= 0.3 is 0 Å². The second-order valence-corrected chi connectivity index (χ2v) is 6.74. The summed E-state index contributed by atoms with van der Waals surface area (Å²) in [4.78, 5) is 0. The van der Waals surface area contributed by atoms with Crippen LogP contribution in [0.15, 0.2) is 43.0 Å². The Labute approximate surface area is 145 Å². The van der Waals surface area contributed by atoms with Crippen molar-refractivity contribution in [3.63, 3.8) is 0 Å². The molecule has 3 rings (SSSR count). The third kappa shape index (κ3) is 3.78. The predicted molar refractivity (Wildman–Crippen MR) is 91.2 cm³/mol. The predicted octanol–water partition coefficient (Wildman–Crippen LogP) is 6.76. The molecule has 0 N–H and O–H groups in total. The average molecular weight is 348 g/mol. The zero-order valence-electron chi connectivity index (χ0n) is 13.9. The summed E-state index contributed by atoms with van der Waals surface area (Å²) >= 11 is 0. The fourth-order valence-corrected chi connectivity index (χ4v) is 3.70. The van der Waals surface area contributed by atoms with Crippen molar-refractivity contribution in [2.75, 3.05) is 0 Å². The van der Waals surface area contributed by atoms with Gasteiger partial charge in [0.2, 0.25) is 0 Å². The first kappa shape index (κ1) is 17.7. The fraction of sp³-hybridized carbons (Fsp3) is 0.333. The highest BCUT2D eigenvalue weighted by Gasteiger charge is 2.22. The second-order valence-electron chi connectivity index (χ2n) is 6.74. The van der Waals surface area contributed by atoms with E-state index in [0.717, 1.165) is 49.8 Å². The van der Waals surface area contributed by atoms with Gasteiger partial charge in [-0.2, -0.15) is 0 Å². The molecular formula is C21H20F4. The molecule has 2 aromatic rings. The number of benzene rings is 2. The van der Waals surface area contributed by atoms with E-state index < -0.39 is 23.3 Å². The fourth-order valence-electron chi connectivity index (χ4n) is 3.70. The molecule has 1 aliphatic carbocycles. The Morgan fingerprint density at radius 3 is 2.08 bits per heavy atom. The average Bonchev–Trinajstić information content (AvgIpc) is 2.60. The van der Waals surface area contributed by atoms with Crippen molar-refractivity contribution in [1.82, 2.24) is 0 Å². The lowest BCUT2D eigenvalue weighted by Crippen LogP contribution is -2.13. The van der Waals surface area contributed by atoms with E-state index in [1.54, 1.807) is 6.07 Å². The van der Waals surface area contributed by atoms with Gasteiger partial charge in [-0.1, -0.05) is 18.2 Å². The molecule has 0 aliphatic heterocycles. The molecule has 132 valence electrons. The summed E-state index contributed by atoms with van der Waals surface area (Å²) < 4.78 is 54.3. The maximum atomic E-state index is 14.5. The molecule has 0 saturated heterocycles. The smallest absolute Gasteiger partial charge is 0.194 e. The highest BCUT2D eigenvalue weighted by atomic mass is 19.2. The summed E-state index contributed by atoms with van der Waals surface area (Å²) in [5.41, 5.74) is 0.971. The summed E-state index contributed by atoms with van der Waals surface area (Å²) in [5, 5.41) is 0. The molecule has 0 atom stereocenters. The lowest BCUT2D eigenvalue weighted by molar-refractivity contribution is 0.328. The van der Waals surface area contributed by atoms with Crippen molar-refractivity contribution < 1.29 is 17.6 Å². The van der Waals surface area contributed by atoms with Gasteiger partial charge in [0.05, 0.1) is 0 Å². The van der Waals surface area contributed by atoms with Crippen LogP contribution in [0.25, 0.3) is 11.1 Å². The monoisotopic (exact) mass is 348 g/mol. The maximum Gasteiger partial charge on any atom is 0.194 e. The standard InChI is InChI=1S/C21H20F4/c1-2-3-13-4-6-14(7-5-13)15-8-9-17(18(22)10-15)16-11-19(23)21(25)20(24)12-16/h2,8-14H,1,3-7H2. The van der Waals surface area contributed by atoms with Crippen LogP contribution in [-0.2, 0) is 0 Å². The SMILES string of the molecule is C=CCC1CCC(c2ccc(-c3cc(F)c(F)c(F)c3)c(F)c2)CC1. The molecular weight excluding hydrogens is 328 g/mol. The van der Waals surface area contributed by atoms with E-state index in [9.17, 15) is 17.6 Å². The largest absolute Gasteiger partial charge is 0.206 e. The number of allylic oxidation sites excluding steroid dienone is 1. The van der Waals surface area contributed by atoms with Crippen LogP contribution in [0.1, 0.15) is 43.6 Å². The summed E-state index contributed by atoms with van der Waals surface area (Å²) in [6.45, 7) is 3.77. The molecule has 4 heteroatoms. The van der Waals surface area contributed by atoms with Crippen molar-refractivity contribution in [3.05, 3.63) is 71.8 Å². The molecule has 0 radical (unpaired) electrons. The molecule has 0 unspecified atom stereocenters. The highest BCUT2D eigenvalue weighted by Crippen LogP contribution is 2.38. The molecule has 0 bridgehead atoms. The van der Waals surface area contributed by atoms with E-state index in [1.807, 2.05) is 6.08 Å². The third-order valence-corrected chi connectivity index (χ3v) is 5.11. The first-order valence-electron chi connectivity index (χ1n) is 8.55. The Hall–Kier alpha value is -2.10. The molecule has 25 heavy (non-hydrogen) atoms. The Kier molecular flexibility index (Phi) is 5.26. The first-order chi connectivity index (χ1) is 12.0. The van der Waals surface area contributed by atoms with Crippen molar-refractivity contribution in [3.8, 4) is 11.1 Å². The van der Waals surface area contributed by atoms with E-state index in [-0.39, 0.29) is 11.1 Å². The van der Waals surface area contributed by atoms with E-state index in [2.05, 4.69) is 6.58 Å². The van der Waals surface area contributed by atoms with E-state index in [0.29, 0.717) is 11.8 Å². The molecule has 2 aromatic carbocycles. The zero-order chi connectivity index (χ0) is 18.0. The number of halogens is 4. The Balaban J connectivity index is 1.81. The Morgan fingerprint density at radius 1 is 0.880 bits per heavy atom. The highest BCUT2D eigenvalue weighted by molar-refractivity contribution is 5.65. The van der Waals surface area contributed by atoms with Crippen LogP contribution in [-0.4, -0.2) is 0 Å². The summed E-state index contributed by atoms with van der Waals surface area (Å²) in [6.07, 6.45) is 7.14. The van der Waals surface area contributed by atoms with Crippen LogP contribution in [0.5, 0.6) is 0 Å². The lowest BCUT2D eigenvalue weighted by Gasteiger charge is -2.28. The molecule has 1 fully saturated rings. The van der Waals surface area contributed by atoms with Gasteiger partial charge in [0.15, 0.2) is 17.5 Å². The van der Waals surface area contributed by atoms with Crippen LogP contribution in [0, 0.1) is 29.2 Å². The summed E-state index contributed by atoms with van der Waals surface area (Å²) in [7, 11) is 0. The second kappa shape index (κ2) is 7.42. The van der Waals surface area contributed by atoms with Crippen molar-refractivity contribution >= 4 is 0 Å². The molecule has 0 heterocycles. The van der Waals surface area contributed by atoms with E-state index in [4.69, 9.17) is 0 Å². The van der Waals surface area contributed by atoms with Crippen molar-refractivity contribution in [2.45, 2.75) is 38.0 Å². The third-order valence-electron chi connectivity index (χ3n) is 5.11. The molecule has 1 aliphatic rings. The maximum absolute atomic E-state index is 14.5. The molecule has 0 aromatic heterocycles. The van der Waals surface area contributed by atoms with E-state index in [1.165, 1.54) is 12.1 Å². The minimum atomic E-state index is -1.54. The summed E-state index contributed by atoms with van der Waals surface area (Å²) in [6, 6.07) is 6.39. The van der Waals surface area contributed by atoms with Crippen LogP contribution >= 0.6 is 0 Å². The molecule has 0 amide bonds. The van der Waals surface area contributed by atoms with E-state index >= 15 is 0 Å². The zero-order valence-corrected chi connectivity index (χ0v) is 13.9. The number of hydrogen-bond acceptors (Lipinski definition) is 0. The number of hydrogen-bond donors (Lipinski definition) is 0. The van der Waals surface area contributed by atoms with Crippen molar-refractivity contribution in [2.24, 2.45) is 5.92 Å². The van der Waals surface area contributed by atoms with Crippen molar-refractivity contribution in [1.29, 1.82) is 0 Å². The van der Waals surface area contributed by atoms with Crippen LogP contribution < -0.4 is 0 Å². The van der Waals surface area contributed by atoms with Crippen LogP contribution in [0.2, 0.25) is 0 Å². The topological polar surface area (TPSA) is 0 Å². The lowest BCUT2D eigenvalue weighted by atomic mass is 9.77.